The van der Waals surface area contributed by atoms with Gasteiger partial charge in [-0.1, -0.05) is 315 Å². The summed E-state index contributed by atoms with van der Waals surface area (Å²) in [5, 5.41) is 14.0. The fourth-order valence-corrected chi connectivity index (χ4v) is 22.7. The van der Waals surface area contributed by atoms with Crippen LogP contribution < -0.4 is 5.32 Å². The number of fused-ring (bicyclic) bond motifs is 12. The Balaban J connectivity index is 0.726. The van der Waals surface area contributed by atoms with E-state index in [0.29, 0.717) is 5.82 Å². The molecule has 17 aromatic carbocycles. The number of allylic oxidation sites excluding steroid dienone is 1. The Hall–Kier alpha value is -14.1. The monoisotopic (exact) mass is 1570 g/mol. The van der Waals surface area contributed by atoms with Crippen LogP contribution in [0.15, 0.2) is 405 Å². The van der Waals surface area contributed by atoms with Gasteiger partial charge < -0.3 is 5.32 Å². The zero-order valence-electron chi connectivity index (χ0n) is 63.7. The lowest BCUT2D eigenvalue weighted by Gasteiger charge is -2.29. The molecule has 0 saturated heterocycles. The van der Waals surface area contributed by atoms with Crippen LogP contribution in [-0.2, 0) is 0 Å². The molecule has 0 aliphatic carbocycles. The summed E-state index contributed by atoms with van der Waals surface area (Å²) >= 11 is 7.37. The molecule has 1 N–H and O–H groups in total. The zero-order chi connectivity index (χ0) is 77.7. The van der Waals surface area contributed by atoms with Gasteiger partial charge in [0.15, 0.2) is 5.82 Å². The average Bonchev–Trinajstić information content (AvgIpc) is 1.37. The van der Waals surface area contributed by atoms with Gasteiger partial charge in [-0.15, -0.1) is 45.3 Å². The van der Waals surface area contributed by atoms with E-state index < -0.39 is 6.17 Å². The van der Waals surface area contributed by atoms with Crippen LogP contribution >= 0.6 is 45.3 Å². The molecule has 0 radical (unpaired) electrons. The predicted molar refractivity (Wildman–Crippen MR) is 507 cm³/mol. The molecule has 1 atom stereocenters. The Morgan fingerprint density at radius 3 is 1.15 bits per heavy atom. The largest absolute Gasteiger partial charge is 0.359 e. The van der Waals surface area contributed by atoms with Crippen LogP contribution in [0.4, 0.5) is 0 Å². The minimum atomic E-state index is -0.534. The Morgan fingerprint density at radius 1 is 0.220 bits per heavy atom. The molecular formula is C110H68N4S4. The first-order chi connectivity index (χ1) is 58.5. The van der Waals surface area contributed by atoms with E-state index in [1.54, 1.807) is 0 Å². The Morgan fingerprint density at radius 2 is 0.593 bits per heavy atom. The molecule has 4 nitrogen and oxygen atoms in total. The van der Waals surface area contributed by atoms with E-state index in [4.69, 9.17) is 15.0 Å². The lowest BCUT2D eigenvalue weighted by atomic mass is 9.85. The number of nitrogens with zero attached hydrogens (tertiary/aromatic N) is 3. The van der Waals surface area contributed by atoms with Gasteiger partial charge in [-0.3, -0.25) is 4.99 Å². The summed E-state index contributed by atoms with van der Waals surface area (Å²) in [6.45, 7) is 0. The van der Waals surface area contributed by atoms with Gasteiger partial charge in [-0.05, 0) is 168 Å². The Labute approximate surface area is 698 Å². The third kappa shape index (κ3) is 12.2. The maximum absolute atomic E-state index is 6.02. The smallest absolute Gasteiger partial charge is 0.161 e. The molecule has 0 amide bonds. The van der Waals surface area contributed by atoms with Gasteiger partial charge in [0.05, 0.1) is 17.1 Å². The zero-order valence-corrected chi connectivity index (χ0v) is 66.9. The predicted octanol–water partition coefficient (Wildman–Crippen LogP) is 31.4. The summed E-state index contributed by atoms with van der Waals surface area (Å²) in [6.07, 6.45) is 1.81. The summed E-state index contributed by atoms with van der Waals surface area (Å²) in [6, 6.07) is 145. The molecule has 1 aliphatic rings. The first-order valence-electron chi connectivity index (χ1n) is 39.9. The van der Waals surface area contributed by atoms with Gasteiger partial charge >= 0.3 is 0 Å². The van der Waals surface area contributed by atoms with E-state index in [9.17, 15) is 0 Å². The molecule has 8 heteroatoms. The standard InChI is InChI=1S/C110H68N4S4/c1-7-29-67(30-8-1)73-41-25-42-75(57-73)104-89(71-37-15-5-16-38-71)60-77(69-33-11-3-12-34-69)64-94(104)110-111-95(85-49-26-46-82-79-43-19-22-52-99(79)115-105(82)85)65-96(112-110)87-51-28-48-84-90-58-74(55-56-102(90)118-107(84)87)78-61-91-81-45-21-24-54-101(81)117-108(91)92(62-78)98-66-97(86-50-27-47-83-80-44-20-23-53-100(80)116-106(83)86)113-109(114-98)93-63-76(68-31-9-2-10-32-68)59-88(70-35-13-4-14-36-70)103(93)72-39-17-6-18-40-72/h1-66,109,114H. The number of hydrogen-bond acceptors (Lipinski definition) is 8. The first kappa shape index (κ1) is 69.4. The number of aliphatic imine (C=N–C) groups is 1. The third-order valence-corrected chi connectivity index (χ3v) is 28.2. The van der Waals surface area contributed by atoms with Crippen molar-refractivity contribution in [3.8, 4) is 123 Å². The van der Waals surface area contributed by atoms with Crippen molar-refractivity contribution in [2.24, 2.45) is 4.99 Å². The molecule has 6 heterocycles. The normalized spacial score (nSPS) is 13.0. The maximum Gasteiger partial charge on any atom is 0.161 e. The molecule has 23 rings (SSSR count). The molecule has 552 valence electrons. The summed E-state index contributed by atoms with van der Waals surface area (Å²) in [5.74, 6) is 0.645. The fraction of sp³-hybridized carbons (Fsp3) is 0.00909. The van der Waals surface area contributed by atoms with E-state index >= 15 is 0 Å². The van der Waals surface area contributed by atoms with Crippen LogP contribution in [0.3, 0.4) is 0 Å². The minimum absolute atomic E-state index is 0.534. The number of aromatic nitrogens is 2. The second kappa shape index (κ2) is 29.0. The molecular weight excluding hydrogens is 1510 g/mol. The van der Waals surface area contributed by atoms with Crippen molar-refractivity contribution in [3.05, 3.63) is 417 Å². The van der Waals surface area contributed by atoms with Crippen molar-refractivity contribution in [1.82, 2.24) is 15.3 Å². The van der Waals surface area contributed by atoms with Gasteiger partial charge in [0.2, 0.25) is 0 Å². The van der Waals surface area contributed by atoms with Crippen molar-refractivity contribution >= 4 is 137 Å². The van der Waals surface area contributed by atoms with E-state index in [2.05, 4.69) is 406 Å². The van der Waals surface area contributed by atoms with Crippen molar-refractivity contribution in [2.45, 2.75) is 6.17 Å². The highest BCUT2D eigenvalue weighted by molar-refractivity contribution is 7.27. The highest BCUT2D eigenvalue weighted by atomic mass is 32.1. The van der Waals surface area contributed by atoms with Gasteiger partial charge in [0.1, 0.15) is 6.17 Å². The second-order valence-corrected chi connectivity index (χ2v) is 34.6. The quantitative estimate of drug-likeness (QED) is 0.118. The van der Waals surface area contributed by atoms with E-state index in [-0.39, 0.29) is 0 Å². The Bertz CT molecular complexity index is 7810. The molecule has 0 bridgehead atoms. The lowest BCUT2D eigenvalue weighted by Crippen LogP contribution is -2.25. The summed E-state index contributed by atoms with van der Waals surface area (Å²) in [4.78, 5) is 17.9. The summed E-state index contributed by atoms with van der Waals surface area (Å²) in [7, 11) is 0. The average molecular weight is 1570 g/mol. The molecule has 0 spiro atoms. The van der Waals surface area contributed by atoms with E-state index in [1.165, 1.54) is 76.0 Å². The first-order valence-corrected chi connectivity index (χ1v) is 43.2. The molecule has 118 heavy (non-hydrogen) atoms. The SMILES string of the molecule is C1=C(c2cc(-c3ccc4sc5c(-c6cc(-c7cccc8c7sc7ccccc78)nc(-c7cc(-c8ccccc8)cc(-c8ccccc8)c7-c7cccc(-c8ccccc8)c7)n6)cccc5c4c3)cc3c2sc2ccccc23)NC(c2cc(-c3ccccc3)cc(-c3ccccc3)c2-c2ccccc2)N=C1c1cccc2c1sc1ccccc12. The van der Waals surface area contributed by atoms with Gasteiger partial charge in [0, 0.05) is 125 Å². The molecule has 1 unspecified atom stereocenters. The molecule has 0 saturated carbocycles. The minimum Gasteiger partial charge on any atom is -0.359 e. The highest BCUT2D eigenvalue weighted by Gasteiger charge is 2.30. The highest BCUT2D eigenvalue weighted by Crippen LogP contribution is 2.51. The van der Waals surface area contributed by atoms with Crippen molar-refractivity contribution in [3.63, 3.8) is 0 Å². The Kier molecular flexibility index (Phi) is 17.1. The van der Waals surface area contributed by atoms with E-state index in [0.717, 1.165) is 150 Å². The number of nitrogens with one attached hydrogen (secondary N) is 1. The number of benzene rings is 17. The number of rotatable bonds is 14. The van der Waals surface area contributed by atoms with Crippen LogP contribution in [0.25, 0.3) is 209 Å². The van der Waals surface area contributed by atoms with Crippen LogP contribution in [0, 0.1) is 0 Å². The maximum atomic E-state index is 6.02. The van der Waals surface area contributed by atoms with Crippen LogP contribution in [0.2, 0.25) is 0 Å². The molecule has 1 aliphatic heterocycles. The molecule has 5 aromatic heterocycles. The third-order valence-electron chi connectivity index (χ3n) is 23.3. The van der Waals surface area contributed by atoms with E-state index in [1.807, 2.05) is 45.3 Å². The topological polar surface area (TPSA) is 50.2 Å². The van der Waals surface area contributed by atoms with Crippen molar-refractivity contribution < 1.29 is 0 Å². The summed E-state index contributed by atoms with van der Waals surface area (Å²) in [5.41, 5.74) is 27.9. The molecule has 0 fully saturated rings. The van der Waals surface area contributed by atoms with Crippen LogP contribution in [-0.4, -0.2) is 15.7 Å². The fourth-order valence-electron chi connectivity index (χ4n) is 17.8. The van der Waals surface area contributed by atoms with Gasteiger partial charge in [0.25, 0.3) is 0 Å². The van der Waals surface area contributed by atoms with Gasteiger partial charge in [-0.2, -0.15) is 0 Å². The second-order valence-electron chi connectivity index (χ2n) is 30.3. The lowest BCUT2D eigenvalue weighted by molar-refractivity contribution is 0.666. The molecule has 22 aromatic rings. The summed E-state index contributed by atoms with van der Waals surface area (Å²) < 4.78 is 9.71. The van der Waals surface area contributed by atoms with Crippen LogP contribution in [0.1, 0.15) is 22.9 Å². The van der Waals surface area contributed by atoms with Crippen molar-refractivity contribution in [1.29, 1.82) is 0 Å². The number of hydrogen-bond donors (Lipinski definition) is 1. The van der Waals surface area contributed by atoms with Crippen LogP contribution in [0.5, 0.6) is 0 Å². The van der Waals surface area contributed by atoms with Gasteiger partial charge in [-0.25, -0.2) is 9.97 Å². The number of thiophene rings is 4. The van der Waals surface area contributed by atoms with Crippen molar-refractivity contribution in [2.75, 3.05) is 0 Å².